The van der Waals surface area contributed by atoms with Crippen LogP contribution in [0, 0.1) is 0 Å². The highest BCUT2D eigenvalue weighted by Crippen LogP contribution is 2.32. The minimum atomic E-state index is -0.272. The molecule has 1 saturated heterocycles. The smallest absolute Gasteiger partial charge is 0.224 e. The van der Waals surface area contributed by atoms with Gasteiger partial charge in [-0.05, 0) is 51.1 Å². The van der Waals surface area contributed by atoms with Crippen LogP contribution in [-0.4, -0.2) is 43.0 Å². The molecule has 0 spiro atoms. The Morgan fingerprint density at radius 2 is 1.93 bits per heavy atom. The molecule has 3 rings (SSSR count). The summed E-state index contributed by atoms with van der Waals surface area (Å²) in [6, 6.07) is 11.4. The second-order valence-corrected chi connectivity index (χ2v) is 9.00. The maximum absolute atomic E-state index is 12.6. The van der Waals surface area contributed by atoms with E-state index < -0.39 is 0 Å². The zero-order valence-electron chi connectivity index (χ0n) is 17.7. The molecule has 7 heteroatoms. The normalized spacial score (nSPS) is 15.2. The van der Waals surface area contributed by atoms with Gasteiger partial charge < -0.3 is 20.3 Å². The molecule has 0 radical (unpaired) electrons. The van der Waals surface area contributed by atoms with Crippen molar-refractivity contribution >= 4 is 29.1 Å². The van der Waals surface area contributed by atoms with Gasteiger partial charge in [0, 0.05) is 49.8 Å². The molecule has 5 nitrogen and oxygen atoms in total. The third-order valence-corrected chi connectivity index (χ3v) is 6.05. The van der Waals surface area contributed by atoms with Crippen molar-refractivity contribution in [2.24, 2.45) is 0 Å². The summed E-state index contributed by atoms with van der Waals surface area (Å²) in [5, 5.41) is 7.46. The van der Waals surface area contributed by atoms with Crippen LogP contribution in [0.15, 0.2) is 36.4 Å². The fourth-order valence-electron chi connectivity index (χ4n) is 3.84. The molecule has 1 amide bonds. The van der Waals surface area contributed by atoms with E-state index in [1.54, 1.807) is 18.2 Å². The Bertz CT molecular complexity index is 902. The molecule has 1 aliphatic rings. The van der Waals surface area contributed by atoms with Gasteiger partial charge in [-0.1, -0.05) is 35.3 Å². The van der Waals surface area contributed by atoms with E-state index >= 15 is 0 Å². The molecule has 0 atom stereocenters. The average Bonchev–Trinajstić information content (AvgIpc) is 2.91. The van der Waals surface area contributed by atoms with Crippen molar-refractivity contribution in [2.75, 3.05) is 26.7 Å². The first-order chi connectivity index (χ1) is 14.3. The molecule has 0 unspecified atom stereocenters. The van der Waals surface area contributed by atoms with Gasteiger partial charge in [0.1, 0.15) is 11.5 Å². The summed E-state index contributed by atoms with van der Waals surface area (Å²) in [5.74, 6) is 1.61. The molecule has 0 aromatic heterocycles. The maximum atomic E-state index is 12.6. The van der Waals surface area contributed by atoms with Crippen molar-refractivity contribution in [3.8, 4) is 11.5 Å². The van der Waals surface area contributed by atoms with E-state index in [1.807, 2.05) is 18.0 Å². The van der Waals surface area contributed by atoms with E-state index in [-0.39, 0.29) is 11.4 Å². The maximum Gasteiger partial charge on any atom is 0.224 e. The van der Waals surface area contributed by atoms with Crippen LogP contribution in [0.1, 0.15) is 31.4 Å². The molecular formula is C23H29Cl2N3O2. The van der Waals surface area contributed by atoms with Gasteiger partial charge in [-0.15, -0.1) is 0 Å². The van der Waals surface area contributed by atoms with Gasteiger partial charge in [-0.25, -0.2) is 0 Å². The summed E-state index contributed by atoms with van der Waals surface area (Å²) in [6.45, 7) is 7.24. The van der Waals surface area contributed by atoms with Gasteiger partial charge in [0.15, 0.2) is 0 Å². The third kappa shape index (κ3) is 5.67. The predicted octanol–water partition coefficient (Wildman–Crippen LogP) is 4.65. The van der Waals surface area contributed by atoms with E-state index in [2.05, 4.69) is 36.6 Å². The van der Waals surface area contributed by atoms with Crippen molar-refractivity contribution in [3.05, 3.63) is 57.6 Å². The Labute approximate surface area is 188 Å². The SMILES string of the molecule is CNCc1cc(CC(C)(C)N2CCNCCC2=O)ccc1Oc1ccc(Cl)c(Cl)c1. The van der Waals surface area contributed by atoms with E-state index in [9.17, 15) is 4.79 Å². The molecule has 2 N–H and O–H groups in total. The molecule has 2 aromatic carbocycles. The van der Waals surface area contributed by atoms with Gasteiger partial charge in [0.05, 0.1) is 10.0 Å². The number of hydrogen-bond donors (Lipinski definition) is 2. The second kappa shape index (κ2) is 10.0. The Kier molecular flexibility index (Phi) is 7.64. The predicted molar refractivity (Wildman–Crippen MR) is 123 cm³/mol. The van der Waals surface area contributed by atoms with Crippen LogP contribution in [0.25, 0.3) is 0 Å². The molecular weight excluding hydrogens is 421 g/mol. The van der Waals surface area contributed by atoms with Crippen molar-refractivity contribution < 1.29 is 9.53 Å². The summed E-state index contributed by atoms with van der Waals surface area (Å²) < 4.78 is 6.08. The van der Waals surface area contributed by atoms with Crippen molar-refractivity contribution in [1.29, 1.82) is 0 Å². The molecule has 2 aromatic rings. The van der Waals surface area contributed by atoms with Crippen molar-refractivity contribution in [1.82, 2.24) is 15.5 Å². The number of benzene rings is 2. The van der Waals surface area contributed by atoms with Crippen LogP contribution in [-0.2, 0) is 17.8 Å². The molecule has 162 valence electrons. The monoisotopic (exact) mass is 449 g/mol. The fraction of sp³-hybridized carbons (Fsp3) is 0.435. The lowest BCUT2D eigenvalue weighted by atomic mass is 9.91. The minimum Gasteiger partial charge on any atom is -0.457 e. The van der Waals surface area contributed by atoms with Crippen LogP contribution in [0.4, 0.5) is 0 Å². The molecule has 30 heavy (non-hydrogen) atoms. The van der Waals surface area contributed by atoms with Crippen LogP contribution in [0.5, 0.6) is 11.5 Å². The second-order valence-electron chi connectivity index (χ2n) is 8.18. The number of hydrogen-bond acceptors (Lipinski definition) is 4. The van der Waals surface area contributed by atoms with E-state index in [0.29, 0.717) is 28.8 Å². The van der Waals surface area contributed by atoms with Crippen LogP contribution in [0.3, 0.4) is 0 Å². The summed E-state index contributed by atoms with van der Waals surface area (Å²) >= 11 is 12.1. The molecule has 0 saturated carbocycles. The lowest BCUT2D eigenvalue weighted by Crippen LogP contribution is -2.49. The number of carbonyl (C=O) groups is 1. The number of nitrogens with one attached hydrogen (secondary N) is 2. The molecule has 1 fully saturated rings. The quantitative estimate of drug-likeness (QED) is 0.645. The summed E-state index contributed by atoms with van der Waals surface area (Å²) in [6.07, 6.45) is 1.31. The number of amides is 1. The van der Waals surface area contributed by atoms with Crippen LogP contribution < -0.4 is 15.4 Å². The van der Waals surface area contributed by atoms with Gasteiger partial charge in [-0.2, -0.15) is 0 Å². The van der Waals surface area contributed by atoms with Crippen LogP contribution in [0.2, 0.25) is 10.0 Å². The average molecular weight is 450 g/mol. The Morgan fingerprint density at radius 3 is 2.67 bits per heavy atom. The highest BCUT2D eigenvalue weighted by molar-refractivity contribution is 6.42. The number of carbonyl (C=O) groups excluding carboxylic acids is 1. The lowest BCUT2D eigenvalue weighted by molar-refractivity contribution is -0.135. The first-order valence-electron chi connectivity index (χ1n) is 10.2. The lowest BCUT2D eigenvalue weighted by Gasteiger charge is -2.38. The van der Waals surface area contributed by atoms with E-state index in [1.165, 1.54) is 0 Å². The Balaban J connectivity index is 1.81. The van der Waals surface area contributed by atoms with E-state index in [0.717, 1.165) is 42.9 Å². The number of rotatable bonds is 7. The third-order valence-electron chi connectivity index (χ3n) is 5.31. The Morgan fingerprint density at radius 1 is 1.13 bits per heavy atom. The van der Waals surface area contributed by atoms with Crippen LogP contribution >= 0.6 is 23.2 Å². The van der Waals surface area contributed by atoms with Gasteiger partial charge in [0.2, 0.25) is 5.91 Å². The Hall–Kier alpha value is -1.79. The minimum absolute atomic E-state index is 0.208. The summed E-state index contributed by atoms with van der Waals surface area (Å²) in [4.78, 5) is 14.6. The highest BCUT2D eigenvalue weighted by atomic mass is 35.5. The fourth-order valence-corrected chi connectivity index (χ4v) is 4.13. The number of nitrogens with zero attached hydrogens (tertiary/aromatic N) is 1. The zero-order valence-corrected chi connectivity index (χ0v) is 19.2. The van der Waals surface area contributed by atoms with E-state index in [4.69, 9.17) is 27.9 Å². The molecule has 0 bridgehead atoms. The van der Waals surface area contributed by atoms with Gasteiger partial charge in [-0.3, -0.25) is 4.79 Å². The first-order valence-corrected chi connectivity index (χ1v) is 11.0. The first kappa shape index (κ1) is 22.9. The summed E-state index contributed by atoms with van der Waals surface area (Å²) in [5.41, 5.74) is 1.93. The number of halogens is 2. The molecule has 0 aliphatic carbocycles. The topological polar surface area (TPSA) is 53.6 Å². The van der Waals surface area contributed by atoms with Crippen molar-refractivity contribution in [3.63, 3.8) is 0 Å². The highest BCUT2D eigenvalue weighted by Gasteiger charge is 2.31. The zero-order chi connectivity index (χ0) is 21.7. The van der Waals surface area contributed by atoms with Crippen molar-refractivity contribution in [2.45, 2.75) is 38.8 Å². The number of ether oxygens (including phenoxy) is 1. The molecule has 1 heterocycles. The summed E-state index contributed by atoms with van der Waals surface area (Å²) in [7, 11) is 1.91. The standard InChI is InChI=1S/C23H29Cl2N3O2/c1-23(2,28-11-10-27-9-8-22(28)29)14-16-4-7-21(17(12-16)15-26-3)30-18-5-6-19(24)20(25)13-18/h4-7,12-13,26-27H,8-11,14-15H2,1-3H3. The largest absolute Gasteiger partial charge is 0.457 e. The molecule has 1 aliphatic heterocycles. The van der Waals surface area contributed by atoms with Gasteiger partial charge in [0.25, 0.3) is 0 Å². The van der Waals surface area contributed by atoms with Gasteiger partial charge >= 0.3 is 0 Å².